The first-order chi connectivity index (χ1) is 6.86. The minimum absolute atomic E-state index is 1.02. The summed E-state index contributed by atoms with van der Waals surface area (Å²) in [5.74, 6) is 0. The first-order valence-corrected chi connectivity index (χ1v) is 5.08. The van der Waals surface area contributed by atoms with Crippen LogP contribution >= 0.6 is 0 Å². The van der Waals surface area contributed by atoms with Gasteiger partial charge in [0.15, 0.2) is 0 Å². The molecule has 0 saturated carbocycles. The van der Waals surface area contributed by atoms with E-state index < -0.39 is 0 Å². The first kappa shape index (κ1) is 7.97. The van der Waals surface area contributed by atoms with E-state index in [1.54, 1.807) is 0 Å². The van der Waals surface area contributed by atoms with Crippen LogP contribution in [-0.4, -0.2) is 25.8 Å². The van der Waals surface area contributed by atoms with Gasteiger partial charge in [0.1, 0.15) is 0 Å². The predicted octanol–water partition coefficient (Wildman–Crippen LogP) is 0.707. The van der Waals surface area contributed by atoms with E-state index in [1.807, 2.05) is 44.8 Å². The Labute approximate surface area is 89.0 Å². The molecule has 0 aliphatic carbocycles. The minimum atomic E-state index is 1.02. The molecule has 0 saturated heterocycles. The molecule has 0 aliphatic heterocycles. The molecular formula is C10H7N3Se. The average molecular weight is 248 g/mol. The number of hydrogen-bond acceptors (Lipinski definition) is 1. The normalized spacial score (nSPS) is 11.1. The molecule has 14 heavy (non-hydrogen) atoms. The van der Waals surface area contributed by atoms with Crippen molar-refractivity contribution in [3.05, 3.63) is 42.7 Å². The third kappa shape index (κ3) is 0.983. The molecule has 3 rings (SSSR count). The summed E-state index contributed by atoms with van der Waals surface area (Å²) >= 11 is 2.98. The zero-order valence-electron chi connectivity index (χ0n) is 7.29. The van der Waals surface area contributed by atoms with Crippen LogP contribution in [0.4, 0.5) is 0 Å². The molecule has 0 N–H and O–H groups in total. The van der Waals surface area contributed by atoms with Gasteiger partial charge in [0.2, 0.25) is 0 Å². The predicted molar refractivity (Wildman–Crippen MR) is 54.0 cm³/mol. The fraction of sp³-hybridized carbons (Fsp3) is 0. The molecule has 0 bridgehead atoms. The summed E-state index contributed by atoms with van der Waals surface area (Å²) in [5.41, 5.74) is 2.09. The first-order valence-electron chi connectivity index (χ1n) is 4.31. The van der Waals surface area contributed by atoms with Gasteiger partial charge < -0.3 is 0 Å². The Morgan fingerprint density at radius 1 is 1.21 bits per heavy atom. The van der Waals surface area contributed by atoms with Crippen molar-refractivity contribution in [2.45, 2.75) is 0 Å². The topological polar surface area (TPSA) is 21.2 Å². The van der Waals surface area contributed by atoms with Crippen LogP contribution in [0.25, 0.3) is 16.6 Å². The molecule has 0 spiro atoms. The van der Waals surface area contributed by atoms with Crippen LogP contribution in [0.3, 0.4) is 0 Å². The molecule has 0 radical (unpaired) electrons. The van der Waals surface area contributed by atoms with Crippen molar-refractivity contribution in [1.82, 2.24) is 9.61 Å². The Morgan fingerprint density at radius 3 is 3.00 bits per heavy atom. The maximum atomic E-state index is 4.45. The molecule has 2 heterocycles. The van der Waals surface area contributed by atoms with E-state index in [-0.39, 0.29) is 0 Å². The van der Waals surface area contributed by atoms with Crippen LogP contribution in [0.2, 0.25) is 0 Å². The molecule has 0 atom stereocenters. The molecule has 0 fully saturated rings. The summed E-state index contributed by atoms with van der Waals surface area (Å²) in [5, 5.41) is 5.61. The van der Waals surface area contributed by atoms with Gasteiger partial charge in [0.25, 0.3) is 0 Å². The quantitative estimate of drug-likeness (QED) is 0.537. The summed E-state index contributed by atoms with van der Waals surface area (Å²) in [6.45, 7) is 0. The van der Waals surface area contributed by atoms with Crippen molar-refractivity contribution in [2.24, 2.45) is 0 Å². The van der Waals surface area contributed by atoms with Crippen LogP contribution in [0.5, 0.6) is 0 Å². The third-order valence-electron chi connectivity index (χ3n) is 2.23. The van der Waals surface area contributed by atoms with E-state index in [0.717, 1.165) is 16.6 Å². The zero-order chi connectivity index (χ0) is 9.54. The number of hydrogen-bond donors (Lipinski definition) is 0. The monoisotopic (exact) mass is 249 g/mol. The van der Waals surface area contributed by atoms with Gasteiger partial charge in [-0.15, -0.1) is 0 Å². The standard InChI is InChI=1S/C10H7N3Se/c14-13-7-3-6-12-10(13)8-4-1-2-5-9(8)11-12/h1-7H. The van der Waals surface area contributed by atoms with Gasteiger partial charge in [-0.2, -0.15) is 0 Å². The second kappa shape index (κ2) is 2.80. The Hall–Kier alpha value is -1.38. The number of aromatic nitrogens is 3. The second-order valence-corrected chi connectivity index (χ2v) is 3.93. The Morgan fingerprint density at radius 2 is 2.07 bits per heavy atom. The Balaban J connectivity index is 2.65. The van der Waals surface area contributed by atoms with Crippen molar-refractivity contribution in [3.63, 3.8) is 0 Å². The van der Waals surface area contributed by atoms with E-state index in [0.29, 0.717) is 0 Å². The van der Waals surface area contributed by atoms with Gasteiger partial charge >= 0.3 is 88.7 Å². The summed E-state index contributed by atoms with van der Waals surface area (Å²) in [7, 11) is 0. The number of nitrogens with zero attached hydrogens (tertiary/aromatic N) is 3. The Kier molecular flexibility index (Phi) is 1.60. The molecule has 3 aromatic rings. The average Bonchev–Trinajstić information content (AvgIpc) is 2.57. The molecular weight excluding hydrogens is 241 g/mol. The van der Waals surface area contributed by atoms with Crippen LogP contribution in [0.1, 0.15) is 0 Å². The molecule has 0 aliphatic rings. The fourth-order valence-electron chi connectivity index (χ4n) is 1.63. The zero-order valence-corrected chi connectivity index (χ0v) is 9.00. The molecule has 0 amide bonds. The van der Waals surface area contributed by atoms with E-state index in [4.69, 9.17) is 0 Å². The molecule has 3 nitrogen and oxygen atoms in total. The van der Waals surface area contributed by atoms with Gasteiger partial charge in [-0.1, -0.05) is 0 Å². The maximum absolute atomic E-state index is 4.45. The van der Waals surface area contributed by atoms with Crippen molar-refractivity contribution < 1.29 is 3.58 Å². The van der Waals surface area contributed by atoms with E-state index in [9.17, 15) is 0 Å². The summed E-state index contributed by atoms with van der Waals surface area (Å²) in [6, 6.07) is 10.1. The molecule has 4 heteroatoms. The number of rotatable bonds is 0. The summed E-state index contributed by atoms with van der Waals surface area (Å²) < 4.78 is 3.83. The van der Waals surface area contributed by atoms with Gasteiger partial charge in [-0.05, 0) is 0 Å². The van der Waals surface area contributed by atoms with E-state index in [1.165, 1.54) is 0 Å². The van der Waals surface area contributed by atoms with Gasteiger partial charge in [0.05, 0.1) is 0 Å². The van der Waals surface area contributed by atoms with E-state index in [2.05, 4.69) is 27.4 Å². The van der Waals surface area contributed by atoms with Crippen molar-refractivity contribution in [3.8, 4) is 0 Å². The molecule has 68 valence electrons. The van der Waals surface area contributed by atoms with Crippen LogP contribution in [0.15, 0.2) is 42.7 Å². The van der Waals surface area contributed by atoms with Crippen molar-refractivity contribution in [2.75, 3.05) is 0 Å². The van der Waals surface area contributed by atoms with Crippen molar-refractivity contribution in [1.29, 1.82) is 0 Å². The van der Waals surface area contributed by atoms with Crippen molar-refractivity contribution >= 4 is 32.8 Å². The molecule has 2 aromatic heterocycles. The van der Waals surface area contributed by atoms with Crippen LogP contribution < -0.4 is 3.58 Å². The second-order valence-electron chi connectivity index (χ2n) is 3.10. The Bertz CT molecular complexity index is 615. The summed E-state index contributed by atoms with van der Waals surface area (Å²) in [4.78, 5) is 0. The number of fused-ring (bicyclic) bond motifs is 3. The van der Waals surface area contributed by atoms with Gasteiger partial charge in [0, 0.05) is 0 Å². The van der Waals surface area contributed by atoms with Crippen LogP contribution in [-0.2, 0) is 0 Å². The molecule has 0 unspecified atom stereocenters. The van der Waals surface area contributed by atoms with Gasteiger partial charge in [-0.3, -0.25) is 0 Å². The summed E-state index contributed by atoms with van der Waals surface area (Å²) in [6.07, 6.45) is 3.92. The fourth-order valence-corrected chi connectivity index (χ4v) is 2.16. The third-order valence-corrected chi connectivity index (χ3v) is 2.85. The van der Waals surface area contributed by atoms with E-state index >= 15 is 0 Å². The van der Waals surface area contributed by atoms with Crippen LogP contribution in [0, 0.1) is 0 Å². The molecule has 1 aromatic carbocycles. The van der Waals surface area contributed by atoms with Gasteiger partial charge in [-0.25, -0.2) is 0 Å². The number of benzene rings is 1. The SMILES string of the molecule is [Se-][n+]1cccn2nc3ccccc3c21.